The molecule has 1 N–H and O–H groups in total. The van der Waals surface area contributed by atoms with E-state index in [1.165, 1.54) is 18.4 Å². The minimum absolute atomic E-state index is 0.422. The van der Waals surface area contributed by atoms with Crippen LogP contribution in [0.2, 0.25) is 5.02 Å². The first-order valence-corrected chi connectivity index (χ1v) is 6.95. The molecule has 1 aromatic rings. The van der Waals surface area contributed by atoms with Crippen molar-refractivity contribution in [3.63, 3.8) is 0 Å². The van der Waals surface area contributed by atoms with Crippen LogP contribution in [0.1, 0.15) is 45.2 Å². The first kappa shape index (κ1) is 12.9. The Balaban J connectivity index is 1.82. The van der Waals surface area contributed by atoms with Crippen LogP contribution in [-0.4, -0.2) is 6.04 Å². The Morgan fingerprint density at radius 3 is 2.24 bits per heavy atom. The summed E-state index contributed by atoms with van der Waals surface area (Å²) in [5.41, 5.74) is 1.32. The van der Waals surface area contributed by atoms with E-state index in [1.54, 1.807) is 0 Å². The summed E-state index contributed by atoms with van der Waals surface area (Å²) in [7, 11) is 0. The van der Waals surface area contributed by atoms with Crippen LogP contribution < -0.4 is 5.32 Å². The molecule has 0 aromatic heterocycles. The Hall–Kier alpha value is -0.530. The summed E-state index contributed by atoms with van der Waals surface area (Å²) in [4.78, 5) is 0. The van der Waals surface area contributed by atoms with Gasteiger partial charge in [-0.15, -0.1) is 0 Å². The van der Waals surface area contributed by atoms with Crippen molar-refractivity contribution in [2.24, 2.45) is 11.8 Å². The average molecular weight is 252 g/mol. The predicted molar refractivity (Wildman–Crippen MR) is 74.4 cm³/mol. The van der Waals surface area contributed by atoms with E-state index in [-0.39, 0.29) is 0 Å². The molecular formula is C15H22ClN. The normalized spacial score (nSPS) is 25.7. The highest BCUT2D eigenvalue weighted by atomic mass is 35.5. The van der Waals surface area contributed by atoms with Crippen LogP contribution in [0, 0.1) is 11.8 Å². The van der Waals surface area contributed by atoms with Gasteiger partial charge in [0.15, 0.2) is 0 Å². The van der Waals surface area contributed by atoms with Gasteiger partial charge < -0.3 is 5.32 Å². The number of rotatable bonds is 4. The number of nitrogens with one attached hydrogen (secondary N) is 1. The lowest BCUT2D eigenvalue weighted by Gasteiger charge is -2.40. The second kappa shape index (κ2) is 5.41. The fourth-order valence-electron chi connectivity index (χ4n) is 2.54. The van der Waals surface area contributed by atoms with Crippen molar-refractivity contribution >= 4 is 11.6 Å². The van der Waals surface area contributed by atoms with E-state index < -0.39 is 0 Å². The minimum atomic E-state index is 0.422. The molecule has 0 spiro atoms. The Morgan fingerprint density at radius 1 is 1.12 bits per heavy atom. The standard InChI is InChI=1S/C15H22ClN/c1-10(2)13-8-15(9-13)17-11(3)12-4-6-14(16)7-5-12/h4-7,10-11,13,15,17H,8-9H2,1-3H3/t11-,13?,15?/m0/s1. The Morgan fingerprint density at radius 2 is 1.71 bits per heavy atom. The molecule has 0 heterocycles. The van der Waals surface area contributed by atoms with Gasteiger partial charge in [-0.1, -0.05) is 37.6 Å². The van der Waals surface area contributed by atoms with Crippen molar-refractivity contribution in [1.82, 2.24) is 5.32 Å². The molecule has 2 heteroatoms. The van der Waals surface area contributed by atoms with Gasteiger partial charge in [-0.05, 0) is 49.3 Å². The van der Waals surface area contributed by atoms with Crippen LogP contribution in [0.15, 0.2) is 24.3 Å². The maximum Gasteiger partial charge on any atom is 0.0406 e. The van der Waals surface area contributed by atoms with Crippen molar-refractivity contribution in [3.05, 3.63) is 34.9 Å². The van der Waals surface area contributed by atoms with Crippen LogP contribution >= 0.6 is 11.6 Å². The predicted octanol–water partition coefficient (Wildman–Crippen LogP) is 4.43. The smallest absolute Gasteiger partial charge is 0.0406 e. The zero-order valence-corrected chi connectivity index (χ0v) is 11.7. The van der Waals surface area contributed by atoms with Gasteiger partial charge in [-0.3, -0.25) is 0 Å². The molecule has 1 nitrogen and oxygen atoms in total. The third kappa shape index (κ3) is 3.23. The molecule has 0 aliphatic heterocycles. The van der Waals surface area contributed by atoms with Crippen molar-refractivity contribution in [2.45, 2.75) is 45.7 Å². The summed E-state index contributed by atoms with van der Waals surface area (Å²) < 4.78 is 0. The topological polar surface area (TPSA) is 12.0 Å². The molecule has 0 amide bonds. The Labute approximate surface area is 110 Å². The lowest BCUT2D eigenvalue weighted by atomic mass is 9.73. The summed E-state index contributed by atoms with van der Waals surface area (Å²) in [5, 5.41) is 4.50. The SMILES string of the molecule is CC(C)C1CC(N[C@@H](C)c2ccc(Cl)cc2)C1. The fraction of sp³-hybridized carbons (Fsp3) is 0.600. The third-order valence-corrected chi connectivity index (χ3v) is 4.23. The number of halogens is 1. The molecule has 1 atom stereocenters. The minimum Gasteiger partial charge on any atom is -0.307 e. The highest BCUT2D eigenvalue weighted by Gasteiger charge is 2.31. The highest BCUT2D eigenvalue weighted by Crippen LogP contribution is 2.34. The monoisotopic (exact) mass is 251 g/mol. The molecule has 0 bridgehead atoms. The zero-order chi connectivity index (χ0) is 12.4. The molecule has 0 unspecified atom stereocenters. The summed E-state index contributed by atoms with van der Waals surface area (Å²) in [6.45, 7) is 6.87. The summed E-state index contributed by atoms with van der Waals surface area (Å²) in [5.74, 6) is 1.75. The molecule has 17 heavy (non-hydrogen) atoms. The van der Waals surface area contributed by atoms with Crippen LogP contribution in [0.4, 0.5) is 0 Å². The zero-order valence-electron chi connectivity index (χ0n) is 10.9. The molecule has 0 saturated heterocycles. The van der Waals surface area contributed by atoms with Crippen LogP contribution in [0.25, 0.3) is 0 Å². The van der Waals surface area contributed by atoms with E-state index >= 15 is 0 Å². The lowest BCUT2D eigenvalue weighted by molar-refractivity contribution is 0.159. The summed E-state index contributed by atoms with van der Waals surface area (Å²) in [6.07, 6.45) is 2.66. The van der Waals surface area contributed by atoms with Crippen LogP contribution in [0.5, 0.6) is 0 Å². The van der Waals surface area contributed by atoms with E-state index in [0.29, 0.717) is 12.1 Å². The molecule has 1 saturated carbocycles. The van der Waals surface area contributed by atoms with E-state index in [4.69, 9.17) is 11.6 Å². The molecule has 1 aromatic carbocycles. The quantitative estimate of drug-likeness (QED) is 0.835. The molecule has 94 valence electrons. The van der Waals surface area contributed by atoms with Gasteiger partial charge >= 0.3 is 0 Å². The van der Waals surface area contributed by atoms with Crippen molar-refractivity contribution < 1.29 is 0 Å². The molecule has 1 aliphatic carbocycles. The summed E-state index contributed by atoms with van der Waals surface area (Å²) in [6, 6.07) is 9.27. The fourth-order valence-corrected chi connectivity index (χ4v) is 2.67. The van der Waals surface area contributed by atoms with Gasteiger partial charge in [0.2, 0.25) is 0 Å². The molecule has 2 rings (SSSR count). The maximum absolute atomic E-state index is 5.89. The highest BCUT2D eigenvalue weighted by molar-refractivity contribution is 6.30. The second-order valence-corrected chi connectivity index (χ2v) is 6.05. The van der Waals surface area contributed by atoms with Crippen LogP contribution in [-0.2, 0) is 0 Å². The van der Waals surface area contributed by atoms with Crippen molar-refractivity contribution in [1.29, 1.82) is 0 Å². The summed E-state index contributed by atoms with van der Waals surface area (Å²) >= 11 is 5.89. The Kier molecular flexibility index (Phi) is 4.11. The molecular weight excluding hydrogens is 230 g/mol. The lowest BCUT2D eigenvalue weighted by Crippen LogP contribution is -2.43. The number of hydrogen-bond donors (Lipinski definition) is 1. The third-order valence-electron chi connectivity index (χ3n) is 3.97. The van der Waals surface area contributed by atoms with E-state index in [9.17, 15) is 0 Å². The van der Waals surface area contributed by atoms with Crippen LogP contribution in [0.3, 0.4) is 0 Å². The average Bonchev–Trinajstić information content (AvgIpc) is 2.23. The second-order valence-electron chi connectivity index (χ2n) is 5.61. The number of hydrogen-bond acceptors (Lipinski definition) is 1. The number of benzene rings is 1. The van der Waals surface area contributed by atoms with Gasteiger partial charge in [0.05, 0.1) is 0 Å². The van der Waals surface area contributed by atoms with Gasteiger partial charge in [0.25, 0.3) is 0 Å². The van der Waals surface area contributed by atoms with Gasteiger partial charge in [0.1, 0.15) is 0 Å². The van der Waals surface area contributed by atoms with E-state index in [0.717, 1.165) is 16.9 Å². The molecule has 1 aliphatic rings. The van der Waals surface area contributed by atoms with Gasteiger partial charge in [0, 0.05) is 17.1 Å². The van der Waals surface area contributed by atoms with E-state index in [1.807, 2.05) is 12.1 Å². The van der Waals surface area contributed by atoms with Gasteiger partial charge in [-0.25, -0.2) is 0 Å². The van der Waals surface area contributed by atoms with Gasteiger partial charge in [-0.2, -0.15) is 0 Å². The van der Waals surface area contributed by atoms with Crippen molar-refractivity contribution in [3.8, 4) is 0 Å². The maximum atomic E-state index is 5.89. The van der Waals surface area contributed by atoms with E-state index in [2.05, 4.69) is 38.2 Å². The van der Waals surface area contributed by atoms with Crippen molar-refractivity contribution in [2.75, 3.05) is 0 Å². The Bertz CT molecular complexity index is 352. The largest absolute Gasteiger partial charge is 0.307 e. The molecule has 1 fully saturated rings. The first-order chi connectivity index (χ1) is 8.06. The molecule has 0 radical (unpaired) electrons. The first-order valence-electron chi connectivity index (χ1n) is 6.57.